The molecule has 0 unspecified atom stereocenters. The van der Waals surface area contributed by atoms with Crippen LogP contribution in [0.3, 0.4) is 0 Å². The Morgan fingerprint density at radius 3 is 2.83 bits per heavy atom. The molecule has 0 fully saturated rings. The zero-order valence-electron chi connectivity index (χ0n) is 15.5. The lowest BCUT2D eigenvalue weighted by Gasteiger charge is -2.15. The smallest absolute Gasteiger partial charge is 0.244 e. The molecular weight excluding hydrogens is 427 g/mol. The van der Waals surface area contributed by atoms with Gasteiger partial charge in [0.1, 0.15) is 5.65 Å². The van der Waals surface area contributed by atoms with Gasteiger partial charge in [0.25, 0.3) is 0 Å². The average Bonchev–Trinajstić information content (AvgIpc) is 3.30. The molecule has 4 N–H and O–H groups in total. The zero-order valence-corrected chi connectivity index (χ0v) is 17.9. The molecule has 1 aromatic carbocycles. The predicted molar refractivity (Wildman–Crippen MR) is 126 cm³/mol. The van der Waals surface area contributed by atoms with Crippen molar-refractivity contribution in [2.45, 2.75) is 12.5 Å². The molecule has 1 amide bonds. The van der Waals surface area contributed by atoms with Gasteiger partial charge in [0.2, 0.25) is 5.91 Å². The van der Waals surface area contributed by atoms with Crippen LogP contribution in [0.5, 0.6) is 0 Å². The second-order valence-electron chi connectivity index (χ2n) is 6.38. The van der Waals surface area contributed by atoms with Crippen LogP contribution in [0, 0.1) is 0 Å². The third-order valence-electron chi connectivity index (χ3n) is 4.56. The summed E-state index contributed by atoms with van der Waals surface area (Å²) in [4.78, 5) is 19.7. The number of nitrogens with zero attached hydrogens (tertiary/aromatic N) is 1. The minimum Gasteiger partial charge on any atom is -0.348 e. The van der Waals surface area contributed by atoms with E-state index in [-0.39, 0.29) is 36.8 Å². The van der Waals surface area contributed by atoms with E-state index in [0.717, 1.165) is 23.0 Å². The Morgan fingerprint density at radius 1 is 1.21 bits per heavy atom. The van der Waals surface area contributed by atoms with Crippen molar-refractivity contribution in [1.82, 2.24) is 15.3 Å². The lowest BCUT2D eigenvalue weighted by atomic mass is 10.0. The van der Waals surface area contributed by atoms with Gasteiger partial charge < -0.3 is 16.0 Å². The van der Waals surface area contributed by atoms with E-state index < -0.39 is 0 Å². The van der Waals surface area contributed by atoms with Crippen LogP contribution in [0.2, 0.25) is 0 Å². The third-order valence-corrected chi connectivity index (χ3v) is 5.57. The molecule has 4 aromatic rings. The minimum absolute atomic E-state index is 0. The molecular formula is C21H22Cl2N4OS. The van der Waals surface area contributed by atoms with E-state index >= 15 is 0 Å². The largest absolute Gasteiger partial charge is 0.348 e. The highest BCUT2D eigenvalue weighted by atomic mass is 35.5. The van der Waals surface area contributed by atoms with Crippen molar-refractivity contribution in [3.63, 3.8) is 0 Å². The van der Waals surface area contributed by atoms with Crippen molar-refractivity contribution in [1.29, 1.82) is 0 Å². The number of hydrogen-bond acceptors (Lipinski definition) is 4. The molecule has 8 heteroatoms. The van der Waals surface area contributed by atoms with Gasteiger partial charge in [0, 0.05) is 46.7 Å². The number of amides is 1. The van der Waals surface area contributed by atoms with Gasteiger partial charge in [-0.05, 0) is 47.0 Å². The lowest BCUT2D eigenvalue weighted by Crippen LogP contribution is -2.40. The lowest BCUT2D eigenvalue weighted by molar-refractivity contribution is -0.117. The quantitative estimate of drug-likeness (QED) is 0.384. The molecule has 29 heavy (non-hydrogen) atoms. The number of aromatic nitrogens is 2. The molecule has 1 atom stereocenters. The molecule has 152 valence electrons. The number of aromatic amines is 1. The summed E-state index contributed by atoms with van der Waals surface area (Å²) in [6.07, 6.45) is 7.64. The first kappa shape index (κ1) is 22.9. The van der Waals surface area contributed by atoms with Crippen LogP contribution in [0.25, 0.3) is 27.2 Å². The van der Waals surface area contributed by atoms with Gasteiger partial charge in [0.15, 0.2) is 0 Å². The molecule has 3 heterocycles. The molecule has 0 saturated heterocycles. The van der Waals surface area contributed by atoms with Crippen molar-refractivity contribution in [3.05, 3.63) is 71.4 Å². The van der Waals surface area contributed by atoms with Crippen LogP contribution >= 0.6 is 36.2 Å². The van der Waals surface area contributed by atoms with E-state index in [9.17, 15) is 4.79 Å². The Bertz CT molecular complexity index is 1120. The number of carbonyl (C=O) groups excluding carboxylic acids is 1. The maximum absolute atomic E-state index is 12.4. The topological polar surface area (TPSA) is 83.8 Å². The van der Waals surface area contributed by atoms with Crippen LogP contribution < -0.4 is 11.1 Å². The fourth-order valence-electron chi connectivity index (χ4n) is 3.18. The summed E-state index contributed by atoms with van der Waals surface area (Å²) < 4.78 is 1.25. The molecule has 0 aliphatic carbocycles. The Morgan fingerprint density at radius 2 is 2.00 bits per heavy atom. The monoisotopic (exact) mass is 448 g/mol. The maximum atomic E-state index is 12.4. The summed E-state index contributed by atoms with van der Waals surface area (Å²) in [6, 6.07) is 12.0. The van der Waals surface area contributed by atoms with Gasteiger partial charge in [0.05, 0.1) is 0 Å². The summed E-state index contributed by atoms with van der Waals surface area (Å²) in [5.74, 6) is -0.150. The molecule has 0 saturated carbocycles. The first-order chi connectivity index (χ1) is 13.2. The van der Waals surface area contributed by atoms with Crippen molar-refractivity contribution in [2.75, 3.05) is 6.54 Å². The number of H-pyrrole nitrogens is 1. The number of benzene rings is 1. The van der Waals surface area contributed by atoms with Gasteiger partial charge in [-0.1, -0.05) is 18.2 Å². The highest BCUT2D eigenvalue weighted by Gasteiger charge is 2.13. The standard InChI is InChI=1S/C21H20N4OS.2ClH/c22-11-16(10-15-13-27-19-6-2-1-4-17(15)19)25-20(26)8-7-14-12-24-21-18(14)5-3-9-23-21;;/h1-9,12-13,16H,10-11,22H2,(H,23,24)(H,25,26);2*1H/t16-;;/m0../s1. The fraction of sp³-hybridized carbons (Fsp3) is 0.143. The maximum Gasteiger partial charge on any atom is 0.244 e. The molecule has 0 radical (unpaired) electrons. The molecule has 0 aliphatic heterocycles. The summed E-state index contributed by atoms with van der Waals surface area (Å²) in [6.45, 7) is 0.390. The van der Waals surface area contributed by atoms with Crippen molar-refractivity contribution < 1.29 is 4.79 Å². The number of fused-ring (bicyclic) bond motifs is 2. The first-order valence-electron chi connectivity index (χ1n) is 8.80. The number of halogens is 2. The average molecular weight is 449 g/mol. The number of thiophene rings is 1. The highest BCUT2D eigenvalue weighted by molar-refractivity contribution is 7.17. The van der Waals surface area contributed by atoms with E-state index in [2.05, 4.69) is 32.8 Å². The first-order valence-corrected chi connectivity index (χ1v) is 9.68. The summed E-state index contributed by atoms with van der Waals surface area (Å²) >= 11 is 1.72. The van der Waals surface area contributed by atoms with Crippen LogP contribution in [-0.4, -0.2) is 28.5 Å². The van der Waals surface area contributed by atoms with Gasteiger partial charge in [-0.2, -0.15) is 0 Å². The molecule has 5 nitrogen and oxygen atoms in total. The second-order valence-corrected chi connectivity index (χ2v) is 7.29. The predicted octanol–water partition coefficient (Wildman–Crippen LogP) is 4.32. The number of carbonyl (C=O) groups is 1. The second kappa shape index (κ2) is 10.4. The third kappa shape index (κ3) is 5.16. The van der Waals surface area contributed by atoms with Gasteiger partial charge in [-0.3, -0.25) is 4.79 Å². The number of nitrogens with two attached hydrogens (primary N) is 1. The van der Waals surface area contributed by atoms with Crippen molar-refractivity contribution >= 4 is 69.3 Å². The van der Waals surface area contributed by atoms with Crippen LogP contribution in [-0.2, 0) is 11.2 Å². The summed E-state index contributed by atoms with van der Waals surface area (Å²) in [7, 11) is 0. The van der Waals surface area contributed by atoms with Crippen molar-refractivity contribution in [2.24, 2.45) is 5.73 Å². The Labute approximate surface area is 185 Å². The van der Waals surface area contributed by atoms with E-state index in [1.807, 2.05) is 30.5 Å². The molecule has 3 aromatic heterocycles. The summed E-state index contributed by atoms with van der Waals surface area (Å²) in [5.41, 5.74) is 8.86. The van der Waals surface area contributed by atoms with E-state index in [1.165, 1.54) is 15.6 Å². The number of pyridine rings is 1. The van der Waals surface area contributed by atoms with Crippen LogP contribution in [0.15, 0.2) is 60.2 Å². The Balaban J connectivity index is 0.00000150. The van der Waals surface area contributed by atoms with Gasteiger partial charge in [-0.25, -0.2) is 4.98 Å². The van der Waals surface area contributed by atoms with Gasteiger partial charge in [-0.15, -0.1) is 36.2 Å². The molecule has 0 aliphatic rings. The summed E-state index contributed by atoms with van der Waals surface area (Å²) in [5, 5.41) is 7.38. The Kier molecular flexibility index (Phi) is 8.22. The molecule has 0 bridgehead atoms. The Hall–Kier alpha value is -2.38. The van der Waals surface area contributed by atoms with E-state index in [4.69, 9.17) is 5.73 Å². The van der Waals surface area contributed by atoms with Crippen molar-refractivity contribution in [3.8, 4) is 0 Å². The van der Waals surface area contributed by atoms with E-state index in [0.29, 0.717) is 6.54 Å². The molecule has 4 rings (SSSR count). The number of nitrogens with one attached hydrogen (secondary N) is 2. The number of hydrogen-bond donors (Lipinski definition) is 3. The number of rotatable bonds is 6. The van der Waals surface area contributed by atoms with Crippen LogP contribution in [0.4, 0.5) is 0 Å². The van der Waals surface area contributed by atoms with E-state index in [1.54, 1.807) is 29.7 Å². The van der Waals surface area contributed by atoms with Gasteiger partial charge >= 0.3 is 0 Å². The molecule has 0 spiro atoms. The van der Waals surface area contributed by atoms with Crippen LogP contribution in [0.1, 0.15) is 11.1 Å². The highest BCUT2D eigenvalue weighted by Crippen LogP contribution is 2.26. The normalized spacial score (nSPS) is 11.9. The SMILES string of the molecule is Cl.Cl.NC[C@H](Cc1csc2ccccc12)NC(=O)C=Cc1c[nH]c2ncccc12. The minimum atomic E-state index is -0.150. The fourth-order valence-corrected chi connectivity index (χ4v) is 4.16. The zero-order chi connectivity index (χ0) is 18.6.